The third kappa shape index (κ3) is 5.90. The number of aliphatic carboxylic acids is 1. The number of rotatable bonds is 8. The van der Waals surface area contributed by atoms with Crippen molar-refractivity contribution >= 4 is 46.3 Å². The lowest BCUT2D eigenvalue weighted by atomic mass is 9.89. The van der Waals surface area contributed by atoms with Gasteiger partial charge in [0, 0.05) is 37.9 Å². The van der Waals surface area contributed by atoms with Crippen LogP contribution in [0.25, 0.3) is 11.1 Å². The number of oxazole rings is 1. The van der Waals surface area contributed by atoms with Crippen LogP contribution in [0.1, 0.15) is 24.0 Å². The van der Waals surface area contributed by atoms with Gasteiger partial charge in [-0.1, -0.05) is 18.2 Å². The number of carboxylic acids is 1. The smallest absolute Gasteiger partial charge is 0.308 e. The lowest BCUT2D eigenvalue weighted by Gasteiger charge is -2.20. The molecule has 6 rings (SSSR count). The molecule has 3 N–H and O–H groups in total. The molecular weight excluding hydrogens is 552 g/mol. The van der Waals surface area contributed by atoms with Crippen molar-refractivity contribution in [3.63, 3.8) is 0 Å². The van der Waals surface area contributed by atoms with E-state index in [1.54, 1.807) is 61.6 Å². The number of likely N-dealkylation sites (N-methyl/N-ethyl adjacent to an activating group) is 1. The van der Waals surface area contributed by atoms with Gasteiger partial charge in [0.15, 0.2) is 5.58 Å². The van der Waals surface area contributed by atoms with Gasteiger partial charge < -0.3 is 24.6 Å². The first kappa shape index (κ1) is 27.9. The van der Waals surface area contributed by atoms with Crippen molar-refractivity contribution in [3.05, 3.63) is 89.9 Å². The van der Waals surface area contributed by atoms with E-state index in [2.05, 4.69) is 20.8 Å². The molecular formula is C31H30N6O6. The Kier molecular flexibility index (Phi) is 7.51. The van der Waals surface area contributed by atoms with Crippen molar-refractivity contribution in [3.8, 4) is 0 Å². The molecule has 1 saturated heterocycles. The molecule has 2 aliphatic heterocycles. The summed E-state index contributed by atoms with van der Waals surface area (Å²) < 4.78 is 5.83. The van der Waals surface area contributed by atoms with Crippen molar-refractivity contribution in [2.75, 3.05) is 30.4 Å². The van der Waals surface area contributed by atoms with Crippen molar-refractivity contribution in [1.29, 1.82) is 0 Å². The zero-order valence-electron chi connectivity index (χ0n) is 23.6. The SMILES string of the molecule is CC1C=C(C(=O)N2CC(C(=O)O)C(c3ccc(N(C)C(=O)Cc4ccc5nc(Nc6cccnc6)oc5c4)cc3)C2)NO1. The van der Waals surface area contributed by atoms with Gasteiger partial charge in [0.05, 0.1) is 24.2 Å². The molecule has 1 fully saturated rings. The van der Waals surface area contributed by atoms with E-state index in [0.717, 1.165) is 16.8 Å². The average molecular weight is 583 g/mol. The number of hydrogen-bond donors (Lipinski definition) is 3. The number of hydroxylamine groups is 1. The number of carbonyl (C=O) groups excluding carboxylic acids is 2. The third-order valence-electron chi connectivity index (χ3n) is 7.71. The Hall–Kier alpha value is -5.23. The lowest BCUT2D eigenvalue weighted by molar-refractivity contribution is -0.141. The highest BCUT2D eigenvalue weighted by molar-refractivity contribution is 5.95. The summed E-state index contributed by atoms with van der Waals surface area (Å²) in [5.74, 6) is -2.51. The van der Waals surface area contributed by atoms with Gasteiger partial charge in [0.25, 0.3) is 11.9 Å². The highest BCUT2D eigenvalue weighted by Gasteiger charge is 2.41. The van der Waals surface area contributed by atoms with Gasteiger partial charge in [0.2, 0.25) is 5.91 Å². The summed E-state index contributed by atoms with van der Waals surface area (Å²) in [6.45, 7) is 2.17. The number of benzene rings is 2. The number of nitrogens with zero attached hydrogens (tertiary/aromatic N) is 4. The monoisotopic (exact) mass is 582 g/mol. The first-order valence-corrected chi connectivity index (χ1v) is 13.8. The lowest BCUT2D eigenvalue weighted by Crippen LogP contribution is -2.34. The normalized spacial score (nSPS) is 19.6. The van der Waals surface area contributed by atoms with Crippen LogP contribution in [0.2, 0.25) is 0 Å². The maximum absolute atomic E-state index is 13.2. The standard InChI is InChI=1S/C31H30N6O6/c1-18-12-26(35-43-18)29(39)37-16-23(24(17-37)30(40)41)20-6-8-22(9-7-20)36(2)28(38)14-19-5-10-25-27(13-19)42-31(34-25)33-21-4-3-11-32-15-21/h3-13,15,18,23-24,35H,14,16-17H2,1-2H3,(H,33,34)(H,40,41). The molecule has 0 aliphatic carbocycles. The van der Waals surface area contributed by atoms with Gasteiger partial charge in [-0.2, -0.15) is 4.98 Å². The van der Waals surface area contributed by atoms with Gasteiger partial charge in [-0.25, -0.2) is 0 Å². The number of fused-ring (bicyclic) bond motifs is 1. The highest BCUT2D eigenvalue weighted by Crippen LogP contribution is 2.35. The Morgan fingerprint density at radius 1 is 1.14 bits per heavy atom. The fourth-order valence-corrected chi connectivity index (χ4v) is 5.38. The van der Waals surface area contributed by atoms with Crippen molar-refractivity contribution in [1.82, 2.24) is 20.3 Å². The number of nitrogens with one attached hydrogen (secondary N) is 2. The summed E-state index contributed by atoms with van der Waals surface area (Å²) in [5, 5.41) is 13.0. The molecule has 12 heteroatoms. The summed E-state index contributed by atoms with van der Waals surface area (Å²) in [4.78, 5) is 55.0. The number of carbonyl (C=O) groups is 3. The summed E-state index contributed by atoms with van der Waals surface area (Å²) in [6.07, 6.45) is 4.93. The topological polar surface area (TPSA) is 150 Å². The summed E-state index contributed by atoms with van der Waals surface area (Å²) in [7, 11) is 1.70. The van der Waals surface area contributed by atoms with E-state index in [0.29, 0.717) is 28.5 Å². The molecule has 3 unspecified atom stereocenters. The van der Waals surface area contributed by atoms with Crippen molar-refractivity contribution in [2.24, 2.45) is 5.92 Å². The molecule has 4 heterocycles. The first-order valence-electron chi connectivity index (χ1n) is 13.8. The van der Waals surface area contributed by atoms with Gasteiger partial charge in [0.1, 0.15) is 17.3 Å². The van der Waals surface area contributed by atoms with Crippen molar-refractivity contribution in [2.45, 2.75) is 25.4 Å². The van der Waals surface area contributed by atoms with Gasteiger partial charge in [-0.05, 0) is 60.5 Å². The molecule has 2 aliphatic rings. The molecule has 2 aromatic carbocycles. The Bertz CT molecular complexity index is 1700. The summed E-state index contributed by atoms with van der Waals surface area (Å²) >= 11 is 0. The molecule has 0 spiro atoms. The van der Waals surface area contributed by atoms with E-state index >= 15 is 0 Å². The maximum atomic E-state index is 13.2. The van der Waals surface area contributed by atoms with E-state index in [-0.39, 0.29) is 43.3 Å². The number of hydrogen-bond acceptors (Lipinski definition) is 9. The van der Waals surface area contributed by atoms with Crippen LogP contribution in [-0.4, -0.2) is 64.0 Å². The predicted octanol–water partition coefficient (Wildman–Crippen LogP) is 3.61. The Morgan fingerprint density at radius 3 is 2.65 bits per heavy atom. The van der Waals surface area contributed by atoms with Crippen LogP contribution in [0.15, 0.2) is 83.2 Å². The van der Waals surface area contributed by atoms with E-state index < -0.39 is 11.9 Å². The van der Waals surface area contributed by atoms with E-state index in [1.165, 1.54) is 4.90 Å². The zero-order chi connectivity index (χ0) is 30.1. The highest BCUT2D eigenvalue weighted by atomic mass is 16.7. The van der Waals surface area contributed by atoms with Gasteiger partial charge in [-0.3, -0.25) is 29.7 Å². The Labute approximate surface area is 246 Å². The average Bonchev–Trinajstić information content (AvgIpc) is 3.75. The minimum Gasteiger partial charge on any atom is -0.481 e. The number of amides is 2. The third-order valence-corrected chi connectivity index (χ3v) is 7.71. The number of pyridine rings is 1. The molecule has 220 valence electrons. The number of carboxylic acid groups (broad SMARTS) is 1. The molecule has 3 atom stereocenters. The van der Waals surface area contributed by atoms with Crippen molar-refractivity contribution < 1.29 is 28.7 Å². The van der Waals surface area contributed by atoms with Gasteiger partial charge in [-0.15, -0.1) is 0 Å². The fraction of sp³-hybridized carbons (Fsp3) is 0.258. The van der Waals surface area contributed by atoms with Crippen LogP contribution >= 0.6 is 0 Å². The number of likely N-dealkylation sites (tertiary alicyclic amines) is 1. The second-order valence-electron chi connectivity index (χ2n) is 10.7. The van der Waals surface area contributed by atoms with Crippen LogP contribution < -0.4 is 15.7 Å². The van der Waals surface area contributed by atoms with E-state index in [9.17, 15) is 19.5 Å². The Morgan fingerprint density at radius 2 is 1.95 bits per heavy atom. The minimum absolute atomic E-state index is 0.100. The van der Waals surface area contributed by atoms with E-state index in [1.807, 2.05) is 30.3 Å². The largest absolute Gasteiger partial charge is 0.481 e. The molecule has 0 bridgehead atoms. The Balaban J connectivity index is 1.11. The molecule has 2 amide bonds. The fourth-order valence-electron chi connectivity index (χ4n) is 5.38. The first-order chi connectivity index (χ1) is 20.7. The second-order valence-corrected chi connectivity index (χ2v) is 10.7. The molecule has 0 radical (unpaired) electrons. The van der Waals surface area contributed by atoms with Crippen LogP contribution in [-0.2, 0) is 25.6 Å². The van der Waals surface area contributed by atoms with Crippen LogP contribution in [0.3, 0.4) is 0 Å². The zero-order valence-corrected chi connectivity index (χ0v) is 23.6. The maximum Gasteiger partial charge on any atom is 0.308 e. The predicted molar refractivity (Wildman–Crippen MR) is 157 cm³/mol. The minimum atomic E-state index is -0.960. The second kappa shape index (κ2) is 11.6. The quantitative estimate of drug-likeness (QED) is 0.281. The molecule has 43 heavy (non-hydrogen) atoms. The summed E-state index contributed by atoms with van der Waals surface area (Å²) in [6, 6.07) is 16.7. The van der Waals surface area contributed by atoms with Crippen LogP contribution in [0.4, 0.5) is 17.4 Å². The molecule has 12 nitrogen and oxygen atoms in total. The molecule has 4 aromatic rings. The van der Waals surface area contributed by atoms with Gasteiger partial charge >= 0.3 is 5.97 Å². The number of aromatic nitrogens is 2. The van der Waals surface area contributed by atoms with Crippen LogP contribution in [0, 0.1) is 5.92 Å². The van der Waals surface area contributed by atoms with E-state index in [4.69, 9.17) is 9.25 Å². The summed E-state index contributed by atoms with van der Waals surface area (Å²) in [5.41, 5.74) is 7.14. The molecule has 0 saturated carbocycles. The van der Waals surface area contributed by atoms with Crippen LogP contribution in [0.5, 0.6) is 0 Å². The number of anilines is 3. The molecule has 2 aromatic heterocycles.